The lowest BCUT2D eigenvalue weighted by molar-refractivity contribution is -0.121. The number of hydrogen-bond acceptors (Lipinski definition) is 8. The van der Waals surface area contributed by atoms with Crippen molar-refractivity contribution in [2.75, 3.05) is 25.5 Å². The summed E-state index contributed by atoms with van der Waals surface area (Å²) in [5, 5.41) is 14.7. The summed E-state index contributed by atoms with van der Waals surface area (Å²) >= 11 is 0. The molecule has 0 unspecified atom stereocenters. The zero-order chi connectivity index (χ0) is 27.1. The van der Waals surface area contributed by atoms with Crippen molar-refractivity contribution in [1.82, 2.24) is 45.3 Å². The number of nitrogens with one attached hydrogen (secondary N) is 4. The lowest BCUT2D eigenvalue weighted by atomic mass is 9.96. The van der Waals surface area contributed by atoms with Crippen LogP contribution in [-0.2, 0) is 11.3 Å². The monoisotopic (exact) mass is 532 g/mol. The van der Waals surface area contributed by atoms with Gasteiger partial charge in [0.1, 0.15) is 5.69 Å². The van der Waals surface area contributed by atoms with Crippen LogP contribution in [0.15, 0.2) is 61.4 Å². The van der Waals surface area contributed by atoms with Crippen LogP contribution in [0.4, 0.5) is 5.69 Å². The molecule has 4 N–H and O–H groups in total. The van der Waals surface area contributed by atoms with Gasteiger partial charge >= 0.3 is 0 Å². The Morgan fingerprint density at radius 2 is 1.90 bits per heavy atom. The molecule has 5 aromatic rings. The summed E-state index contributed by atoms with van der Waals surface area (Å²) in [6, 6.07) is 7.89. The Bertz CT molecular complexity index is 1730. The molecule has 5 aromatic heterocycles. The molecule has 40 heavy (non-hydrogen) atoms. The highest BCUT2D eigenvalue weighted by Gasteiger charge is 2.24. The molecule has 1 saturated heterocycles. The van der Waals surface area contributed by atoms with E-state index in [0.717, 1.165) is 70.7 Å². The molecule has 2 aliphatic heterocycles. The zero-order valence-corrected chi connectivity index (χ0v) is 22.0. The Morgan fingerprint density at radius 3 is 2.75 bits per heavy atom. The van der Waals surface area contributed by atoms with E-state index < -0.39 is 0 Å². The third-order valence-corrected chi connectivity index (χ3v) is 7.61. The summed E-state index contributed by atoms with van der Waals surface area (Å²) in [6.07, 6.45) is 12.5. The lowest BCUT2D eigenvalue weighted by Crippen LogP contribution is -2.35. The van der Waals surface area contributed by atoms with E-state index >= 15 is 0 Å². The normalized spacial score (nSPS) is 15.9. The van der Waals surface area contributed by atoms with Crippen LogP contribution in [0.25, 0.3) is 39.3 Å². The molecule has 7 heterocycles. The van der Waals surface area contributed by atoms with Crippen molar-refractivity contribution in [3.05, 3.63) is 78.4 Å². The van der Waals surface area contributed by atoms with E-state index in [9.17, 15) is 4.79 Å². The Morgan fingerprint density at radius 1 is 1.05 bits per heavy atom. The number of pyridine rings is 3. The Hall–Kier alpha value is -4.90. The first-order chi connectivity index (χ1) is 19.6. The van der Waals surface area contributed by atoms with Crippen LogP contribution in [0.3, 0.4) is 0 Å². The lowest BCUT2D eigenvalue weighted by Gasteiger charge is -2.28. The van der Waals surface area contributed by atoms with E-state index in [2.05, 4.69) is 52.7 Å². The number of anilines is 1. The minimum atomic E-state index is 0.0224. The van der Waals surface area contributed by atoms with Crippen LogP contribution in [0.2, 0.25) is 0 Å². The van der Waals surface area contributed by atoms with Gasteiger partial charge in [0.05, 0.1) is 35.2 Å². The van der Waals surface area contributed by atoms with E-state index in [-0.39, 0.29) is 11.8 Å². The summed E-state index contributed by atoms with van der Waals surface area (Å²) in [4.78, 5) is 36.7. The van der Waals surface area contributed by atoms with Crippen LogP contribution < -0.4 is 10.6 Å². The number of aromatic nitrogens is 7. The highest BCUT2D eigenvalue weighted by Crippen LogP contribution is 2.33. The van der Waals surface area contributed by atoms with E-state index in [1.807, 2.05) is 36.7 Å². The molecule has 1 amide bonds. The van der Waals surface area contributed by atoms with E-state index in [1.54, 1.807) is 24.8 Å². The van der Waals surface area contributed by atoms with Crippen molar-refractivity contribution in [3.63, 3.8) is 0 Å². The van der Waals surface area contributed by atoms with Crippen LogP contribution in [0.1, 0.15) is 29.8 Å². The van der Waals surface area contributed by atoms with Crippen molar-refractivity contribution >= 4 is 28.2 Å². The van der Waals surface area contributed by atoms with Gasteiger partial charge in [-0.05, 0) is 51.2 Å². The molecule has 0 aliphatic carbocycles. The van der Waals surface area contributed by atoms with Crippen molar-refractivity contribution in [2.24, 2.45) is 5.92 Å². The van der Waals surface area contributed by atoms with Gasteiger partial charge in [-0.15, -0.1) is 0 Å². The number of fused-ring (bicyclic) bond motifs is 2. The number of carbonyl (C=O) groups is 1. The first kappa shape index (κ1) is 24.2. The molecule has 2 aliphatic rings. The molecule has 0 spiro atoms. The van der Waals surface area contributed by atoms with Gasteiger partial charge in [0.25, 0.3) is 0 Å². The van der Waals surface area contributed by atoms with Gasteiger partial charge in [0, 0.05) is 59.2 Å². The molecule has 1 fully saturated rings. The fourth-order valence-electron chi connectivity index (χ4n) is 5.36. The number of piperidine rings is 1. The summed E-state index contributed by atoms with van der Waals surface area (Å²) in [7, 11) is 2.09. The van der Waals surface area contributed by atoms with Gasteiger partial charge in [-0.1, -0.05) is 6.07 Å². The highest BCUT2D eigenvalue weighted by atomic mass is 16.1. The second-order valence-corrected chi connectivity index (χ2v) is 10.3. The standard InChI is InChI=1S/C29H28N10O/c1-39-7-4-17(5-8-39)29(40)34-21-9-19(12-31-14-21)20-10-22-26(37-38-27(22)33-13-20)28-35-24-16-32-15-23(25(24)36-28)18-3-2-6-30-11-18/h2-3,6,9-15,17,32H,4-5,7-8,16H2,1H3,(H,34,40)(H,35,36)(H,33,37,38). The molecule has 7 rings (SSSR count). The molecule has 0 atom stereocenters. The molecule has 11 nitrogen and oxygen atoms in total. The van der Waals surface area contributed by atoms with Gasteiger partial charge < -0.3 is 20.5 Å². The van der Waals surface area contributed by atoms with Crippen LogP contribution >= 0.6 is 0 Å². The average molecular weight is 533 g/mol. The van der Waals surface area contributed by atoms with Gasteiger partial charge in [-0.3, -0.25) is 19.9 Å². The highest BCUT2D eigenvalue weighted by molar-refractivity contribution is 5.94. The maximum atomic E-state index is 12.9. The number of likely N-dealkylation sites (tertiary alicyclic amines) is 1. The molecule has 0 bridgehead atoms. The quantitative estimate of drug-likeness (QED) is 0.269. The number of carbonyl (C=O) groups excluding carboxylic acids is 1. The average Bonchev–Trinajstić information content (AvgIpc) is 3.62. The van der Waals surface area contributed by atoms with Gasteiger partial charge in [0.15, 0.2) is 11.5 Å². The van der Waals surface area contributed by atoms with Crippen molar-refractivity contribution in [2.45, 2.75) is 19.4 Å². The van der Waals surface area contributed by atoms with Crippen molar-refractivity contribution < 1.29 is 4.79 Å². The number of nitrogens with zero attached hydrogens (tertiary/aromatic N) is 6. The maximum absolute atomic E-state index is 12.9. The second-order valence-electron chi connectivity index (χ2n) is 10.3. The van der Waals surface area contributed by atoms with E-state index in [0.29, 0.717) is 23.7 Å². The minimum absolute atomic E-state index is 0.0224. The Kier molecular flexibility index (Phi) is 6.05. The Balaban J connectivity index is 1.18. The minimum Gasteiger partial charge on any atom is -0.385 e. The topological polar surface area (TPSA) is 140 Å². The first-order valence-corrected chi connectivity index (χ1v) is 13.3. The van der Waals surface area contributed by atoms with Crippen LogP contribution in [-0.4, -0.2) is 66.1 Å². The maximum Gasteiger partial charge on any atom is 0.227 e. The fourth-order valence-corrected chi connectivity index (χ4v) is 5.36. The summed E-state index contributed by atoms with van der Waals surface area (Å²) < 4.78 is 0. The van der Waals surface area contributed by atoms with Gasteiger partial charge in [-0.2, -0.15) is 5.10 Å². The molecule has 0 radical (unpaired) electrons. The van der Waals surface area contributed by atoms with Crippen molar-refractivity contribution in [3.8, 4) is 22.6 Å². The molecule has 11 heteroatoms. The number of H-pyrrole nitrogens is 2. The van der Waals surface area contributed by atoms with E-state index in [4.69, 9.17) is 4.98 Å². The van der Waals surface area contributed by atoms with Crippen LogP contribution in [0, 0.1) is 5.92 Å². The second kappa shape index (κ2) is 10.0. The predicted molar refractivity (Wildman–Crippen MR) is 152 cm³/mol. The Labute approximate surface area is 230 Å². The summed E-state index contributed by atoms with van der Waals surface area (Å²) in [6.45, 7) is 2.51. The van der Waals surface area contributed by atoms with Crippen LogP contribution in [0.5, 0.6) is 0 Å². The number of hydrogen-bond donors (Lipinski definition) is 4. The molecule has 0 aromatic carbocycles. The fraction of sp³-hybridized carbons (Fsp3) is 0.241. The predicted octanol–water partition coefficient (Wildman–Crippen LogP) is 3.58. The summed E-state index contributed by atoms with van der Waals surface area (Å²) in [5.41, 5.74) is 7.57. The molecular weight excluding hydrogens is 504 g/mol. The molecule has 200 valence electrons. The number of rotatable bonds is 5. The third-order valence-electron chi connectivity index (χ3n) is 7.61. The number of imidazole rings is 1. The summed E-state index contributed by atoms with van der Waals surface area (Å²) in [5.74, 6) is 0.755. The van der Waals surface area contributed by atoms with Crippen molar-refractivity contribution in [1.29, 1.82) is 0 Å². The van der Waals surface area contributed by atoms with E-state index in [1.165, 1.54) is 0 Å². The third kappa shape index (κ3) is 4.50. The largest absolute Gasteiger partial charge is 0.385 e. The zero-order valence-electron chi connectivity index (χ0n) is 22.0. The van der Waals surface area contributed by atoms with Gasteiger partial charge in [0.2, 0.25) is 5.91 Å². The van der Waals surface area contributed by atoms with Gasteiger partial charge in [-0.25, -0.2) is 9.97 Å². The number of aromatic amines is 2. The smallest absolute Gasteiger partial charge is 0.227 e. The molecule has 0 saturated carbocycles. The first-order valence-electron chi connectivity index (χ1n) is 13.3. The number of amides is 1. The molecular formula is C29H28N10O. The SMILES string of the molecule is CN1CCC(C(=O)Nc2cncc(-c3cnc4n[nH]c(-c5nc6c([nH]5)CNC=C6c5cccnc5)c4c3)c2)CC1.